The molecule has 1 aliphatic rings. The van der Waals surface area contributed by atoms with Gasteiger partial charge in [0.25, 0.3) is 0 Å². The van der Waals surface area contributed by atoms with E-state index in [0.29, 0.717) is 25.7 Å². The molecular formula is C20H34N4O4. The summed E-state index contributed by atoms with van der Waals surface area (Å²) in [5, 5.41) is 6.91. The molecule has 0 aliphatic carbocycles. The summed E-state index contributed by atoms with van der Waals surface area (Å²) in [4.78, 5) is 18.3. The van der Waals surface area contributed by atoms with Crippen molar-refractivity contribution < 1.29 is 18.7 Å². The zero-order valence-corrected chi connectivity index (χ0v) is 17.1. The fourth-order valence-electron chi connectivity index (χ4n) is 3.08. The monoisotopic (exact) mass is 394 g/mol. The zero-order valence-electron chi connectivity index (χ0n) is 17.1. The number of nitrogens with one attached hydrogen (secondary N) is 2. The van der Waals surface area contributed by atoms with Gasteiger partial charge in [0.15, 0.2) is 5.96 Å². The highest BCUT2D eigenvalue weighted by molar-refractivity contribution is 5.80. The van der Waals surface area contributed by atoms with Crippen LogP contribution in [-0.4, -0.2) is 69.5 Å². The summed E-state index contributed by atoms with van der Waals surface area (Å²) in [6.45, 7) is 5.90. The Morgan fingerprint density at radius 3 is 2.86 bits per heavy atom. The van der Waals surface area contributed by atoms with E-state index in [2.05, 4.69) is 10.6 Å². The number of hydrogen-bond donors (Lipinski definition) is 2. The third-order valence-corrected chi connectivity index (χ3v) is 4.63. The number of ether oxygens (including phenoxy) is 2. The smallest absolute Gasteiger partial charge is 0.409 e. The lowest BCUT2D eigenvalue weighted by Crippen LogP contribution is -2.50. The Kier molecular flexibility index (Phi) is 10.3. The van der Waals surface area contributed by atoms with Gasteiger partial charge < -0.3 is 29.4 Å². The van der Waals surface area contributed by atoms with Crippen LogP contribution in [0.3, 0.4) is 0 Å². The standard InChI is InChI=1S/C20H34N4O4/c1-3-27-20(25)24-13-9-17(10-14-24)23-19(21-11-4-5-15-26-2)22-12-8-18-7-6-16-28-18/h6-7,16-17H,3-5,8-15H2,1-2H3,(H2,21,22,23). The van der Waals surface area contributed by atoms with Gasteiger partial charge in [-0.15, -0.1) is 0 Å². The minimum absolute atomic E-state index is 0.218. The zero-order chi connectivity index (χ0) is 20.0. The van der Waals surface area contributed by atoms with Crippen LogP contribution in [0.1, 0.15) is 38.4 Å². The molecular weight excluding hydrogens is 360 g/mol. The second-order valence-corrected chi connectivity index (χ2v) is 6.79. The van der Waals surface area contributed by atoms with E-state index < -0.39 is 0 Å². The van der Waals surface area contributed by atoms with E-state index in [1.54, 1.807) is 18.3 Å². The number of unbranched alkanes of at least 4 members (excludes halogenated alkanes) is 1. The Bertz CT molecular complexity index is 569. The molecule has 0 unspecified atom stereocenters. The highest BCUT2D eigenvalue weighted by Gasteiger charge is 2.24. The number of rotatable bonds is 10. The normalized spacial score (nSPS) is 15.5. The van der Waals surface area contributed by atoms with Gasteiger partial charge in [-0.25, -0.2) is 4.79 Å². The van der Waals surface area contributed by atoms with Crippen LogP contribution in [-0.2, 0) is 15.9 Å². The van der Waals surface area contributed by atoms with Crippen LogP contribution in [0, 0.1) is 0 Å². The highest BCUT2D eigenvalue weighted by Crippen LogP contribution is 2.11. The first-order valence-electron chi connectivity index (χ1n) is 10.2. The van der Waals surface area contributed by atoms with Crippen molar-refractivity contribution in [2.45, 2.75) is 45.1 Å². The second kappa shape index (κ2) is 13.0. The van der Waals surface area contributed by atoms with Gasteiger partial charge >= 0.3 is 6.09 Å². The SMILES string of the molecule is CCOC(=O)N1CCC(NC(=NCCCCOC)NCCc2ccco2)CC1. The minimum Gasteiger partial charge on any atom is -0.469 e. The predicted molar refractivity (Wildman–Crippen MR) is 109 cm³/mol. The maximum atomic E-state index is 11.8. The van der Waals surface area contributed by atoms with Gasteiger partial charge in [0.2, 0.25) is 0 Å². The van der Waals surface area contributed by atoms with Crippen LogP contribution in [0.15, 0.2) is 27.8 Å². The van der Waals surface area contributed by atoms with Crippen LogP contribution < -0.4 is 10.6 Å². The lowest BCUT2D eigenvalue weighted by atomic mass is 10.1. The average Bonchev–Trinajstić information content (AvgIpc) is 3.22. The molecule has 0 bridgehead atoms. The van der Waals surface area contributed by atoms with Crippen molar-refractivity contribution in [1.29, 1.82) is 0 Å². The van der Waals surface area contributed by atoms with Crippen LogP contribution in [0.5, 0.6) is 0 Å². The Labute approximate surface area is 167 Å². The molecule has 28 heavy (non-hydrogen) atoms. The minimum atomic E-state index is -0.218. The van der Waals surface area contributed by atoms with Crippen molar-refractivity contribution in [3.8, 4) is 0 Å². The highest BCUT2D eigenvalue weighted by atomic mass is 16.6. The first kappa shape index (κ1) is 22.1. The Hall–Kier alpha value is -2.22. The van der Waals surface area contributed by atoms with Crippen LogP contribution in [0.25, 0.3) is 0 Å². The fourth-order valence-corrected chi connectivity index (χ4v) is 3.08. The topological polar surface area (TPSA) is 88.3 Å². The first-order valence-corrected chi connectivity index (χ1v) is 10.2. The van der Waals surface area contributed by atoms with E-state index in [4.69, 9.17) is 18.9 Å². The van der Waals surface area contributed by atoms with Gasteiger partial charge in [0, 0.05) is 52.4 Å². The van der Waals surface area contributed by atoms with Crippen molar-refractivity contribution in [3.63, 3.8) is 0 Å². The first-order chi connectivity index (χ1) is 13.7. The van der Waals surface area contributed by atoms with E-state index in [0.717, 1.165) is 63.5 Å². The Morgan fingerprint density at radius 2 is 2.18 bits per heavy atom. The number of piperidine rings is 1. The lowest BCUT2D eigenvalue weighted by Gasteiger charge is -2.32. The van der Waals surface area contributed by atoms with E-state index >= 15 is 0 Å². The van der Waals surface area contributed by atoms with Gasteiger partial charge in [-0.3, -0.25) is 4.99 Å². The summed E-state index contributed by atoms with van der Waals surface area (Å²) in [6.07, 6.45) is 6.01. The number of guanidine groups is 1. The molecule has 1 saturated heterocycles. The number of carbonyl (C=O) groups is 1. The molecule has 2 N–H and O–H groups in total. The maximum Gasteiger partial charge on any atom is 0.409 e. The summed E-state index contributed by atoms with van der Waals surface area (Å²) in [5.74, 6) is 1.77. The lowest BCUT2D eigenvalue weighted by molar-refractivity contribution is 0.0963. The van der Waals surface area contributed by atoms with Gasteiger partial charge in [-0.05, 0) is 44.7 Å². The number of amides is 1. The molecule has 8 heteroatoms. The average molecular weight is 395 g/mol. The van der Waals surface area contributed by atoms with Crippen LogP contribution in [0.2, 0.25) is 0 Å². The summed E-state index contributed by atoms with van der Waals surface area (Å²) >= 11 is 0. The number of carbonyl (C=O) groups excluding carboxylic acids is 1. The van der Waals surface area contributed by atoms with Crippen molar-refractivity contribution in [1.82, 2.24) is 15.5 Å². The Morgan fingerprint density at radius 1 is 1.36 bits per heavy atom. The number of methoxy groups -OCH3 is 1. The molecule has 1 fully saturated rings. The van der Waals surface area contributed by atoms with E-state index in [-0.39, 0.29) is 6.09 Å². The molecule has 158 valence electrons. The van der Waals surface area contributed by atoms with Crippen LogP contribution >= 0.6 is 0 Å². The molecule has 0 spiro atoms. The molecule has 0 aromatic carbocycles. The van der Waals surface area contributed by atoms with Crippen molar-refractivity contribution >= 4 is 12.1 Å². The number of furan rings is 1. The largest absolute Gasteiger partial charge is 0.469 e. The van der Waals surface area contributed by atoms with Crippen molar-refractivity contribution in [2.75, 3.05) is 46.5 Å². The predicted octanol–water partition coefficient (Wildman–Crippen LogP) is 2.40. The summed E-state index contributed by atoms with van der Waals surface area (Å²) in [6, 6.07) is 4.16. The van der Waals surface area contributed by atoms with Crippen molar-refractivity contribution in [3.05, 3.63) is 24.2 Å². The van der Waals surface area contributed by atoms with Crippen molar-refractivity contribution in [2.24, 2.45) is 4.99 Å². The molecule has 8 nitrogen and oxygen atoms in total. The van der Waals surface area contributed by atoms with Gasteiger partial charge in [-0.2, -0.15) is 0 Å². The molecule has 2 rings (SSSR count). The molecule has 2 heterocycles. The van der Waals surface area contributed by atoms with Gasteiger partial charge in [0.1, 0.15) is 5.76 Å². The summed E-state index contributed by atoms with van der Waals surface area (Å²) in [7, 11) is 1.72. The number of likely N-dealkylation sites (tertiary alicyclic amines) is 1. The quantitative estimate of drug-likeness (QED) is 0.360. The second-order valence-electron chi connectivity index (χ2n) is 6.79. The van der Waals surface area contributed by atoms with Crippen LogP contribution in [0.4, 0.5) is 4.79 Å². The summed E-state index contributed by atoms with van der Waals surface area (Å²) in [5.41, 5.74) is 0. The molecule has 0 radical (unpaired) electrons. The molecule has 1 amide bonds. The van der Waals surface area contributed by atoms with E-state index in [1.165, 1.54) is 0 Å². The molecule has 1 aromatic heterocycles. The number of hydrogen-bond acceptors (Lipinski definition) is 5. The third kappa shape index (κ3) is 8.21. The maximum absolute atomic E-state index is 11.8. The van der Waals surface area contributed by atoms with Gasteiger partial charge in [-0.1, -0.05) is 0 Å². The molecule has 1 aromatic rings. The fraction of sp³-hybridized carbons (Fsp3) is 0.700. The summed E-state index contributed by atoms with van der Waals surface area (Å²) < 4.78 is 15.6. The van der Waals surface area contributed by atoms with E-state index in [1.807, 2.05) is 19.1 Å². The molecule has 0 atom stereocenters. The third-order valence-electron chi connectivity index (χ3n) is 4.63. The van der Waals surface area contributed by atoms with E-state index in [9.17, 15) is 4.79 Å². The van der Waals surface area contributed by atoms with Gasteiger partial charge in [0.05, 0.1) is 12.9 Å². The molecule has 1 aliphatic heterocycles. The Balaban J connectivity index is 1.78. The molecule has 0 saturated carbocycles. The number of nitrogens with zero attached hydrogens (tertiary/aromatic N) is 2. The number of aliphatic imine (C=N–C) groups is 1.